The van der Waals surface area contributed by atoms with Crippen molar-refractivity contribution in [2.75, 3.05) is 39.0 Å². The van der Waals surface area contributed by atoms with Crippen molar-refractivity contribution in [3.63, 3.8) is 0 Å². The second-order valence-corrected chi connectivity index (χ2v) is 7.89. The van der Waals surface area contributed by atoms with Crippen LogP contribution >= 0.6 is 27.7 Å². The van der Waals surface area contributed by atoms with Crippen LogP contribution in [-0.2, 0) is 4.79 Å². The number of benzene rings is 1. The highest BCUT2D eigenvalue weighted by Crippen LogP contribution is 2.28. The van der Waals surface area contributed by atoms with Crippen molar-refractivity contribution in [3.05, 3.63) is 27.7 Å². The molecular weight excluding hydrogens is 360 g/mol. The Bertz CT molecular complexity index is 530. The molecule has 1 amide bonds. The summed E-state index contributed by atoms with van der Waals surface area (Å²) in [5.74, 6) is 0.725. The van der Waals surface area contributed by atoms with E-state index in [-0.39, 0.29) is 5.91 Å². The SMILES string of the molecule is Cc1cc(SCC(=O)N(C)CCN2CCCC2)c(C)cc1Br. The van der Waals surface area contributed by atoms with Crippen molar-refractivity contribution in [1.82, 2.24) is 9.80 Å². The molecule has 1 saturated heterocycles. The molecule has 0 unspecified atom stereocenters. The maximum Gasteiger partial charge on any atom is 0.232 e. The molecule has 1 heterocycles. The Balaban J connectivity index is 1.80. The summed E-state index contributed by atoms with van der Waals surface area (Å²) >= 11 is 5.19. The molecule has 1 fully saturated rings. The van der Waals surface area contributed by atoms with Crippen LogP contribution in [0.2, 0.25) is 0 Å². The summed E-state index contributed by atoms with van der Waals surface area (Å²) in [4.78, 5) is 17.8. The number of halogens is 1. The first kappa shape index (κ1) is 17.8. The number of likely N-dealkylation sites (N-methyl/N-ethyl adjacent to an activating group) is 1. The molecule has 22 heavy (non-hydrogen) atoms. The van der Waals surface area contributed by atoms with Gasteiger partial charge in [-0.1, -0.05) is 15.9 Å². The summed E-state index contributed by atoms with van der Waals surface area (Å²) in [6.07, 6.45) is 2.60. The number of amides is 1. The molecule has 1 aliphatic heterocycles. The number of rotatable bonds is 6. The fourth-order valence-corrected chi connectivity index (χ4v) is 4.09. The van der Waals surface area contributed by atoms with E-state index in [0.29, 0.717) is 5.75 Å². The van der Waals surface area contributed by atoms with E-state index in [0.717, 1.165) is 17.6 Å². The molecule has 1 aliphatic rings. The monoisotopic (exact) mass is 384 g/mol. The van der Waals surface area contributed by atoms with E-state index in [1.807, 2.05) is 11.9 Å². The smallest absolute Gasteiger partial charge is 0.232 e. The highest BCUT2D eigenvalue weighted by Gasteiger charge is 2.15. The molecule has 0 N–H and O–H groups in total. The van der Waals surface area contributed by atoms with Gasteiger partial charge in [0.1, 0.15) is 0 Å². The minimum Gasteiger partial charge on any atom is -0.344 e. The lowest BCUT2D eigenvalue weighted by atomic mass is 10.2. The first-order valence-corrected chi connectivity index (χ1v) is 9.61. The van der Waals surface area contributed by atoms with E-state index in [9.17, 15) is 4.79 Å². The molecule has 0 aromatic heterocycles. The van der Waals surface area contributed by atoms with Crippen LogP contribution in [0.15, 0.2) is 21.5 Å². The van der Waals surface area contributed by atoms with Gasteiger partial charge < -0.3 is 9.80 Å². The lowest BCUT2D eigenvalue weighted by Gasteiger charge is -2.21. The minimum absolute atomic E-state index is 0.212. The highest BCUT2D eigenvalue weighted by molar-refractivity contribution is 9.10. The van der Waals surface area contributed by atoms with Crippen LogP contribution in [0.3, 0.4) is 0 Å². The van der Waals surface area contributed by atoms with E-state index in [1.165, 1.54) is 42.0 Å². The molecule has 0 bridgehead atoms. The molecule has 0 aliphatic carbocycles. The number of thioether (sulfide) groups is 1. The Labute approximate surface area is 146 Å². The first-order valence-electron chi connectivity index (χ1n) is 7.83. The second kappa shape index (κ2) is 8.37. The molecule has 0 atom stereocenters. The van der Waals surface area contributed by atoms with Gasteiger partial charge in [0.05, 0.1) is 5.75 Å². The summed E-state index contributed by atoms with van der Waals surface area (Å²) in [6.45, 7) is 8.38. The standard InChI is InChI=1S/C17H25BrN2OS/c1-13-11-16(14(2)10-15(13)18)22-12-17(21)19(3)8-9-20-6-4-5-7-20/h10-11H,4-9,12H2,1-3H3. The topological polar surface area (TPSA) is 23.6 Å². The molecule has 2 rings (SSSR count). The Hall–Kier alpha value is -0.520. The number of nitrogens with zero attached hydrogens (tertiary/aromatic N) is 2. The third-order valence-corrected chi connectivity index (χ3v) is 6.18. The predicted octanol–water partition coefficient (Wildman–Crippen LogP) is 3.71. The maximum absolute atomic E-state index is 12.3. The fourth-order valence-electron chi connectivity index (χ4n) is 2.58. The zero-order valence-electron chi connectivity index (χ0n) is 13.7. The average molecular weight is 385 g/mol. The Kier molecular flexibility index (Phi) is 6.78. The second-order valence-electron chi connectivity index (χ2n) is 6.02. The third-order valence-electron chi connectivity index (χ3n) is 4.18. The van der Waals surface area contributed by atoms with Gasteiger partial charge in [-0.2, -0.15) is 0 Å². The molecule has 3 nitrogen and oxygen atoms in total. The molecule has 0 saturated carbocycles. The van der Waals surface area contributed by atoms with Gasteiger partial charge in [-0.25, -0.2) is 0 Å². The largest absolute Gasteiger partial charge is 0.344 e. The van der Waals surface area contributed by atoms with Crippen LogP contribution in [-0.4, -0.2) is 54.7 Å². The molecule has 5 heteroatoms. The number of carbonyl (C=O) groups excluding carboxylic acids is 1. The van der Waals surface area contributed by atoms with Gasteiger partial charge in [-0.15, -0.1) is 11.8 Å². The van der Waals surface area contributed by atoms with E-state index in [2.05, 4.69) is 46.8 Å². The normalized spacial score (nSPS) is 15.3. The Morgan fingerprint density at radius 2 is 1.95 bits per heavy atom. The summed E-state index contributed by atoms with van der Waals surface area (Å²) in [7, 11) is 1.92. The maximum atomic E-state index is 12.3. The molecule has 0 radical (unpaired) electrons. The lowest BCUT2D eigenvalue weighted by molar-refractivity contribution is -0.127. The zero-order chi connectivity index (χ0) is 16.1. The summed E-state index contributed by atoms with van der Waals surface area (Å²) in [5, 5.41) is 0. The van der Waals surface area contributed by atoms with E-state index < -0.39 is 0 Å². The van der Waals surface area contributed by atoms with Gasteiger partial charge in [0.2, 0.25) is 5.91 Å². The van der Waals surface area contributed by atoms with Crippen LogP contribution in [0.5, 0.6) is 0 Å². The molecular formula is C17H25BrN2OS. The van der Waals surface area contributed by atoms with Crippen molar-refractivity contribution < 1.29 is 4.79 Å². The summed E-state index contributed by atoms with van der Waals surface area (Å²) in [6, 6.07) is 4.28. The van der Waals surface area contributed by atoms with Crippen molar-refractivity contribution in [3.8, 4) is 0 Å². The Morgan fingerprint density at radius 1 is 1.27 bits per heavy atom. The van der Waals surface area contributed by atoms with Crippen LogP contribution in [0.4, 0.5) is 0 Å². The van der Waals surface area contributed by atoms with Gasteiger partial charge in [0, 0.05) is 29.5 Å². The number of carbonyl (C=O) groups is 1. The quantitative estimate of drug-likeness (QED) is 0.698. The number of hydrogen-bond donors (Lipinski definition) is 0. The van der Waals surface area contributed by atoms with Gasteiger partial charge in [0.15, 0.2) is 0 Å². The van der Waals surface area contributed by atoms with Crippen LogP contribution in [0.1, 0.15) is 24.0 Å². The van der Waals surface area contributed by atoms with Gasteiger partial charge in [-0.05, 0) is 63.0 Å². The summed E-state index contributed by atoms with van der Waals surface area (Å²) < 4.78 is 1.13. The van der Waals surface area contributed by atoms with Crippen molar-refractivity contribution in [2.45, 2.75) is 31.6 Å². The Morgan fingerprint density at radius 3 is 2.64 bits per heavy atom. The van der Waals surface area contributed by atoms with E-state index in [4.69, 9.17) is 0 Å². The number of likely N-dealkylation sites (tertiary alicyclic amines) is 1. The van der Waals surface area contributed by atoms with E-state index in [1.54, 1.807) is 11.8 Å². The highest BCUT2D eigenvalue weighted by atomic mass is 79.9. The number of aryl methyl sites for hydroxylation is 2. The van der Waals surface area contributed by atoms with Crippen molar-refractivity contribution in [1.29, 1.82) is 0 Å². The van der Waals surface area contributed by atoms with Gasteiger partial charge >= 0.3 is 0 Å². The van der Waals surface area contributed by atoms with Crippen LogP contribution in [0.25, 0.3) is 0 Å². The molecule has 122 valence electrons. The van der Waals surface area contributed by atoms with Gasteiger partial charge in [0.25, 0.3) is 0 Å². The van der Waals surface area contributed by atoms with E-state index >= 15 is 0 Å². The van der Waals surface area contributed by atoms with Crippen LogP contribution < -0.4 is 0 Å². The molecule has 0 spiro atoms. The van der Waals surface area contributed by atoms with Gasteiger partial charge in [-0.3, -0.25) is 4.79 Å². The van der Waals surface area contributed by atoms with Crippen LogP contribution in [0, 0.1) is 13.8 Å². The van der Waals surface area contributed by atoms with Crippen molar-refractivity contribution >= 4 is 33.6 Å². The minimum atomic E-state index is 0.212. The molecule has 1 aromatic rings. The number of hydrogen-bond acceptors (Lipinski definition) is 3. The third kappa shape index (κ3) is 5.00. The predicted molar refractivity (Wildman–Crippen MR) is 97.7 cm³/mol. The lowest BCUT2D eigenvalue weighted by Crippen LogP contribution is -2.36. The first-order chi connectivity index (χ1) is 10.5. The molecule has 1 aromatic carbocycles. The van der Waals surface area contributed by atoms with Crippen molar-refractivity contribution in [2.24, 2.45) is 0 Å². The fraction of sp³-hybridized carbons (Fsp3) is 0.588. The summed E-state index contributed by atoms with van der Waals surface area (Å²) in [5.41, 5.74) is 2.43. The zero-order valence-corrected chi connectivity index (χ0v) is 16.1. The average Bonchev–Trinajstić information content (AvgIpc) is 3.00.